The molecule has 3 rings (SSSR count). The minimum atomic E-state index is -4.02. The molecule has 1 heterocycles. The second-order valence-corrected chi connectivity index (χ2v) is 10.3. The molecule has 0 N–H and O–H groups in total. The van der Waals surface area contributed by atoms with E-state index >= 15 is 0 Å². The number of amides is 1. The lowest BCUT2D eigenvalue weighted by Gasteiger charge is -2.23. The molecule has 2 aromatic rings. The van der Waals surface area contributed by atoms with Crippen molar-refractivity contribution in [2.45, 2.75) is 24.8 Å². The average molecular weight is 439 g/mol. The fourth-order valence-electron chi connectivity index (χ4n) is 3.16. The fraction of sp³-hybridized carbons (Fsp3) is 0.316. The lowest BCUT2D eigenvalue weighted by Crippen LogP contribution is -2.32. The van der Waals surface area contributed by atoms with Gasteiger partial charge < -0.3 is 4.74 Å². The third kappa shape index (κ3) is 4.14. The number of carbonyl (C=O) groups excluding carboxylic acids is 1. The average Bonchev–Trinajstić information content (AvgIpc) is 2.98. The van der Waals surface area contributed by atoms with Gasteiger partial charge in [-0.15, -0.1) is 0 Å². The molecular formula is C19H22N2O6S2. The summed E-state index contributed by atoms with van der Waals surface area (Å²) >= 11 is 0. The third-order valence-electron chi connectivity index (χ3n) is 4.63. The van der Waals surface area contributed by atoms with Crippen LogP contribution in [0.2, 0.25) is 0 Å². The van der Waals surface area contributed by atoms with Crippen molar-refractivity contribution in [3.63, 3.8) is 0 Å². The van der Waals surface area contributed by atoms with Gasteiger partial charge in [0.1, 0.15) is 10.6 Å². The number of nitrogens with zero attached hydrogens (tertiary/aromatic N) is 2. The summed E-state index contributed by atoms with van der Waals surface area (Å²) in [7, 11) is -6.50. The predicted molar refractivity (Wildman–Crippen MR) is 109 cm³/mol. The number of hydrogen-bond donors (Lipinski definition) is 0. The van der Waals surface area contributed by atoms with Gasteiger partial charge >= 0.3 is 0 Å². The summed E-state index contributed by atoms with van der Waals surface area (Å²) in [4.78, 5) is 11.9. The first-order chi connectivity index (χ1) is 13.7. The van der Waals surface area contributed by atoms with Crippen molar-refractivity contribution in [1.82, 2.24) is 4.31 Å². The number of carbonyl (C=O) groups is 1. The topological polar surface area (TPSA) is 101 Å². The van der Waals surface area contributed by atoms with Crippen LogP contribution in [-0.4, -0.2) is 46.5 Å². The van der Waals surface area contributed by atoms with Crippen LogP contribution >= 0.6 is 0 Å². The molecule has 0 radical (unpaired) electrons. The Bertz CT molecular complexity index is 1110. The number of sulfonamides is 2. The van der Waals surface area contributed by atoms with Crippen molar-refractivity contribution in [3.05, 3.63) is 54.1 Å². The Balaban J connectivity index is 2.06. The van der Waals surface area contributed by atoms with E-state index in [2.05, 4.69) is 0 Å². The van der Waals surface area contributed by atoms with E-state index < -0.39 is 26.0 Å². The molecule has 29 heavy (non-hydrogen) atoms. The molecule has 0 aliphatic carbocycles. The lowest BCUT2D eigenvalue weighted by molar-refractivity contribution is -0.116. The summed E-state index contributed by atoms with van der Waals surface area (Å²) in [6.07, 6.45) is -0.133. The van der Waals surface area contributed by atoms with Crippen molar-refractivity contribution in [2.75, 3.05) is 23.7 Å². The van der Waals surface area contributed by atoms with E-state index in [1.54, 1.807) is 6.92 Å². The van der Waals surface area contributed by atoms with Gasteiger partial charge in [0.05, 0.1) is 18.6 Å². The summed E-state index contributed by atoms with van der Waals surface area (Å²) in [6, 6.07) is 13.0. The molecule has 156 valence electrons. The molecule has 0 unspecified atom stereocenters. The van der Waals surface area contributed by atoms with E-state index in [0.29, 0.717) is 4.31 Å². The largest absolute Gasteiger partial charge is 0.495 e. The highest BCUT2D eigenvalue weighted by Gasteiger charge is 2.37. The van der Waals surface area contributed by atoms with Gasteiger partial charge in [-0.25, -0.2) is 21.1 Å². The van der Waals surface area contributed by atoms with E-state index in [-0.39, 0.29) is 41.6 Å². The molecule has 0 spiro atoms. The van der Waals surface area contributed by atoms with Gasteiger partial charge in [0, 0.05) is 19.5 Å². The van der Waals surface area contributed by atoms with Crippen LogP contribution in [0.15, 0.2) is 53.4 Å². The molecule has 8 nitrogen and oxygen atoms in total. The van der Waals surface area contributed by atoms with Crippen LogP contribution in [0.3, 0.4) is 0 Å². The summed E-state index contributed by atoms with van der Waals surface area (Å²) < 4.78 is 58.3. The third-order valence-corrected chi connectivity index (χ3v) is 8.27. The van der Waals surface area contributed by atoms with E-state index in [4.69, 9.17) is 4.74 Å². The molecule has 0 bridgehead atoms. The standard InChI is InChI=1S/C19H22N2O6S2/c1-3-20(14-15-7-5-4-6-8-15)29(25,26)18-13-16(9-10-17(18)27-2)21-19(22)11-12-28(21,23)24/h4-10,13H,3,11-12,14H2,1-2H3. The number of anilines is 1. The Labute approximate surface area is 170 Å². The van der Waals surface area contributed by atoms with Gasteiger partial charge in [0.15, 0.2) is 0 Å². The molecule has 0 atom stereocenters. The molecule has 1 saturated heterocycles. The minimum Gasteiger partial charge on any atom is -0.495 e. The Morgan fingerprint density at radius 2 is 1.83 bits per heavy atom. The Kier molecular flexibility index (Phi) is 5.97. The summed E-state index contributed by atoms with van der Waals surface area (Å²) in [5.74, 6) is -0.811. The summed E-state index contributed by atoms with van der Waals surface area (Å²) in [5, 5.41) is 0. The first-order valence-electron chi connectivity index (χ1n) is 8.98. The van der Waals surface area contributed by atoms with Crippen molar-refractivity contribution in [1.29, 1.82) is 0 Å². The molecular weight excluding hydrogens is 416 g/mol. The first kappa shape index (κ1) is 21.3. The lowest BCUT2D eigenvalue weighted by atomic mass is 10.2. The fourth-order valence-corrected chi connectivity index (χ4v) is 6.22. The molecule has 1 aliphatic heterocycles. The first-order valence-corrected chi connectivity index (χ1v) is 12.0. The zero-order chi connectivity index (χ0) is 21.2. The zero-order valence-electron chi connectivity index (χ0n) is 16.1. The van der Waals surface area contributed by atoms with Gasteiger partial charge in [0.2, 0.25) is 26.0 Å². The van der Waals surface area contributed by atoms with Crippen LogP contribution in [0.5, 0.6) is 5.75 Å². The van der Waals surface area contributed by atoms with Crippen LogP contribution in [0.4, 0.5) is 5.69 Å². The minimum absolute atomic E-state index is 0.0114. The molecule has 1 fully saturated rings. The van der Waals surface area contributed by atoms with E-state index in [1.165, 1.54) is 29.6 Å². The van der Waals surface area contributed by atoms with E-state index in [0.717, 1.165) is 5.56 Å². The van der Waals surface area contributed by atoms with Gasteiger partial charge in [-0.05, 0) is 23.8 Å². The zero-order valence-corrected chi connectivity index (χ0v) is 17.7. The van der Waals surface area contributed by atoms with Crippen LogP contribution < -0.4 is 9.04 Å². The van der Waals surface area contributed by atoms with Crippen LogP contribution in [0.25, 0.3) is 0 Å². The highest BCUT2D eigenvalue weighted by Crippen LogP contribution is 2.34. The number of benzene rings is 2. The molecule has 2 aromatic carbocycles. The molecule has 0 aromatic heterocycles. The van der Waals surface area contributed by atoms with Gasteiger partial charge in [-0.3, -0.25) is 4.79 Å². The number of hydrogen-bond acceptors (Lipinski definition) is 6. The molecule has 0 saturated carbocycles. The normalized spacial score (nSPS) is 16.4. The molecule has 1 amide bonds. The van der Waals surface area contributed by atoms with Crippen molar-refractivity contribution in [2.24, 2.45) is 0 Å². The second-order valence-electron chi connectivity index (χ2n) is 6.48. The van der Waals surface area contributed by atoms with Crippen LogP contribution in [0.1, 0.15) is 18.9 Å². The predicted octanol–water partition coefficient (Wildman–Crippen LogP) is 1.97. The summed E-state index contributed by atoms with van der Waals surface area (Å²) in [6.45, 7) is 2.06. The van der Waals surface area contributed by atoms with Crippen molar-refractivity contribution in [3.8, 4) is 5.75 Å². The van der Waals surface area contributed by atoms with Crippen molar-refractivity contribution < 1.29 is 26.4 Å². The van der Waals surface area contributed by atoms with Crippen molar-refractivity contribution >= 4 is 31.6 Å². The second kappa shape index (κ2) is 8.13. The van der Waals surface area contributed by atoms with E-state index in [9.17, 15) is 21.6 Å². The Morgan fingerprint density at radius 3 is 2.38 bits per heavy atom. The number of ether oxygens (including phenoxy) is 1. The number of rotatable bonds is 7. The van der Waals surface area contributed by atoms with Crippen LogP contribution in [-0.2, 0) is 31.4 Å². The Hall–Kier alpha value is -2.43. The van der Waals surface area contributed by atoms with Gasteiger partial charge in [-0.1, -0.05) is 37.3 Å². The maximum atomic E-state index is 13.4. The van der Waals surface area contributed by atoms with Gasteiger partial charge in [0.25, 0.3) is 0 Å². The Morgan fingerprint density at radius 1 is 1.14 bits per heavy atom. The summed E-state index contributed by atoms with van der Waals surface area (Å²) in [5.41, 5.74) is 0.799. The van der Waals surface area contributed by atoms with E-state index in [1.807, 2.05) is 30.3 Å². The molecule has 1 aliphatic rings. The quantitative estimate of drug-likeness (QED) is 0.655. The maximum Gasteiger partial charge on any atom is 0.247 e. The monoisotopic (exact) mass is 438 g/mol. The van der Waals surface area contributed by atoms with Gasteiger partial charge in [-0.2, -0.15) is 4.31 Å². The highest BCUT2D eigenvalue weighted by molar-refractivity contribution is 7.94. The smallest absolute Gasteiger partial charge is 0.247 e. The maximum absolute atomic E-state index is 13.4. The van der Waals surface area contributed by atoms with Crippen LogP contribution in [0, 0.1) is 0 Å². The molecule has 10 heteroatoms. The SMILES string of the molecule is CCN(Cc1ccccc1)S(=O)(=O)c1cc(N2C(=O)CCS2(=O)=O)ccc1OC. The highest BCUT2D eigenvalue weighted by atomic mass is 32.2. The number of methoxy groups -OCH3 is 1.